The van der Waals surface area contributed by atoms with Crippen molar-refractivity contribution < 1.29 is 4.79 Å². The molecule has 4 rings (SSSR count). The number of carbonyl (C=O) groups is 1. The Labute approximate surface area is 152 Å². The van der Waals surface area contributed by atoms with Gasteiger partial charge in [0.1, 0.15) is 11.0 Å². The maximum atomic E-state index is 12.8. The van der Waals surface area contributed by atoms with Crippen LogP contribution in [0.5, 0.6) is 0 Å². The fourth-order valence-corrected chi connectivity index (χ4v) is 3.43. The summed E-state index contributed by atoms with van der Waals surface area (Å²) in [6.07, 6.45) is 0. The number of anilines is 1. The molecule has 0 spiro atoms. The topological polar surface area (TPSA) is 66.3 Å². The summed E-state index contributed by atoms with van der Waals surface area (Å²) in [5.41, 5.74) is 3.39. The van der Waals surface area contributed by atoms with Crippen molar-refractivity contribution in [2.24, 2.45) is 7.05 Å². The van der Waals surface area contributed by atoms with E-state index in [9.17, 15) is 4.79 Å². The van der Waals surface area contributed by atoms with Crippen molar-refractivity contribution in [3.63, 3.8) is 0 Å². The van der Waals surface area contributed by atoms with E-state index in [0.717, 1.165) is 12.1 Å². The summed E-state index contributed by atoms with van der Waals surface area (Å²) in [4.78, 5) is 18.5. The maximum absolute atomic E-state index is 12.8. The number of rotatable bonds is 2. The highest BCUT2D eigenvalue weighted by Crippen LogP contribution is 2.25. The average Bonchev–Trinajstić information content (AvgIpc) is 3.04. The molecule has 26 heavy (non-hydrogen) atoms. The Morgan fingerprint density at radius 3 is 2.65 bits per heavy atom. The van der Waals surface area contributed by atoms with E-state index in [-0.39, 0.29) is 12.1 Å². The van der Waals surface area contributed by atoms with Gasteiger partial charge in [0, 0.05) is 26.7 Å². The quantitative estimate of drug-likeness (QED) is 0.771. The van der Waals surface area contributed by atoms with Crippen LogP contribution >= 0.6 is 0 Å². The van der Waals surface area contributed by atoms with Crippen molar-refractivity contribution in [1.82, 2.24) is 24.8 Å². The van der Waals surface area contributed by atoms with Crippen molar-refractivity contribution in [3.8, 4) is 0 Å². The molecule has 1 saturated heterocycles. The minimum absolute atomic E-state index is 0.0998. The molecule has 134 valence electrons. The predicted molar refractivity (Wildman–Crippen MR) is 101 cm³/mol. The molecule has 0 unspecified atom stereocenters. The first-order chi connectivity index (χ1) is 12.6. The van der Waals surface area contributed by atoms with E-state index in [1.54, 1.807) is 7.05 Å². The molecule has 1 aliphatic heterocycles. The number of benzene rings is 2. The molecule has 2 aromatic carbocycles. The highest BCUT2D eigenvalue weighted by molar-refractivity contribution is 5.98. The van der Waals surface area contributed by atoms with Crippen LogP contribution in [-0.2, 0) is 7.05 Å². The van der Waals surface area contributed by atoms with E-state index < -0.39 is 0 Å². The second-order valence-corrected chi connectivity index (χ2v) is 6.65. The van der Waals surface area contributed by atoms with Crippen LogP contribution < -0.4 is 5.32 Å². The van der Waals surface area contributed by atoms with Crippen LogP contribution in [0.3, 0.4) is 0 Å². The van der Waals surface area contributed by atoms with E-state index in [0.29, 0.717) is 24.3 Å². The number of nitrogens with zero attached hydrogens (tertiary/aromatic N) is 5. The van der Waals surface area contributed by atoms with Crippen LogP contribution in [0.1, 0.15) is 11.6 Å². The third-order valence-corrected chi connectivity index (χ3v) is 4.87. The lowest BCUT2D eigenvalue weighted by Gasteiger charge is -2.39. The Bertz CT molecular complexity index is 922. The van der Waals surface area contributed by atoms with E-state index in [4.69, 9.17) is 0 Å². The van der Waals surface area contributed by atoms with Gasteiger partial charge < -0.3 is 10.2 Å². The Morgan fingerprint density at radius 2 is 1.85 bits per heavy atom. The Hall–Kier alpha value is -2.93. The minimum Gasteiger partial charge on any atom is -0.321 e. The molecule has 1 fully saturated rings. The number of hydrogen-bond donors (Lipinski definition) is 1. The normalized spacial score (nSPS) is 18.2. The van der Waals surface area contributed by atoms with Crippen LogP contribution in [0.2, 0.25) is 0 Å². The van der Waals surface area contributed by atoms with Gasteiger partial charge in [0.25, 0.3) is 0 Å². The summed E-state index contributed by atoms with van der Waals surface area (Å²) < 4.78 is 0. The first-order valence-corrected chi connectivity index (χ1v) is 8.73. The number of piperazine rings is 1. The number of carbonyl (C=O) groups excluding carboxylic acids is 1. The molecule has 1 aromatic heterocycles. The molecular formula is C19H22N6O. The van der Waals surface area contributed by atoms with Crippen LogP contribution in [0, 0.1) is 0 Å². The summed E-state index contributed by atoms with van der Waals surface area (Å²) in [5, 5.41) is 11.6. The van der Waals surface area contributed by atoms with Crippen LogP contribution in [0.25, 0.3) is 11.0 Å². The van der Waals surface area contributed by atoms with Gasteiger partial charge in [-0.05, 0) is 24.7 Å². The summed E-state index contributed by atoms with van der Waals surface area (Å²) in [5.74, 6) is 0. The molecule has 2 amide bonds. The molecule has 3 aromatic rings. The van der Waals surface area contributed by atoms with Crippen molar-refractivity contribution in [2.75, 3.05) is 32.0 Å². The Morgan fingerprint density at radius 1 is 1.04 bits per heavy atom. The van der Waals surface area contributed by atoms with E-state index >= 15 is 0 Å². The first-order valence-electron chi connectivity index (χ1n) is 8.73. The second kappa shape index (κ2) is 6.76. The molecule has 1 aliphatic rings. The smallest absolute Gasteiger partial charge is 0.321 e. The number of fused-ring (bicyclic) bond motifs is 1. The molecule has 0 saturated carbocycles. The number of likely N-dealkylation sites (N-methyl/N-ethyl adjacent to an activating group) is 1. The number of aryl methyl sites for hydroxylation is 1. The monoisotopic (exact) mass is 350 g/mol. The number of aromatic nitrogens is 3. The van der Waals surface area contributed by atoms with Crippen LogP contribution in [-0.4, -0.2) is 57.5 Å². The van der Waals surface area contributed by atoms with Gasteiger partial charge in [-0.15, -0.1) is 0 Å². The van der Waals surface area contributed by atoms with Crippen molar-refractivity contribution in [1.29, 1.82) is 0 Å². The summed E-state index contributed by atoms with van der Waals surface area (Å²) in [7, 11) is 3.88. The third-order valence-electron chi connectivity index (χ3n) is 4.87. The summed E-state index contributed by atoms with van der Waals surface area (Å²) >= 11 is 0. The molecule has 0 aliphatic carbocycles. The highest BCUT2D eigenvalue weighted by Gasteiger charge is 2.28. The van der Waals surface area contributed by atoms with Gasteiger partial charge in [0.05, 0.1) is 11.7 Å². The van der Waals surface area contributed by atoms with Crippen molar-refractivity contribution in [2.45, 2.75) is 6.04 Å². The molecular weight excluding hydrogens is 328 g/mol. The predicted octanol–water partition coefficient (Wildman–Crippen LogP) is 2.49. The summed E-state index contributed by atoms with van der Waals surface area (Å²) in [6, 6.07) is 16.0. The number of amides is 2. The minimum atomic E-state index is -0.0998. The number of urea groups is 1. The molecule has 2 heterocycles. The van der Waals surface area contributed by atoms with Gasteiger partial charge in [-0.3, -0.25) is 4.90 Å². The van der Waals surface area contributed by atoms with E-state index in [2.05, 4.69) is 39.6 Å². The van der Waals surface area contributed by atoms with Crippen molar-refractivity contribution in [3.05, 3.63) is 54.1 Å². The second-order valence-electron chi connectivity index (χ2n) is 6.65. The first kappa shape index (κ1) is 16.5. The molecule has 0 radical (unpaired) electrons. The molecule has 7 nitrogen and oxygen atoms in total. The zero-order valence-electron chi connectivity index (χ0n) is 15.0. The van der Waals surface area contributed by atoms with Crippen molar-refractivity contribution >= 4 is 22.8 Å². The van der Waals surface area contributed by atoms with Gasteiger partial charge >= 0.3 is 6.03 Å². The molecule has 1 atom stereocenters. The Kier molecular flexibility index (Phi) is 4.30. The average molecular weight is 350 g/mol. The van der Waals surface area contributed by atoms with Gasteiger partial charge in [-0.25, -0.2) is 4.79 Å². The van der Waals surface area contributed by atoms with E-state index in [1.807, 2.05) is 41.3 Å². The lowest BCUT2D eigenvalue weighted by atomic mass is 10.0. The maximum Gasteiger partial charge on any atom is 0.322 e. The lowest BCUT2D eigenvalue weighted by molar-refractivity contribution is 0.116. The standard InChI is InChI=1S/C19H22N6O/c1-23-11-12-25(13-17(23)14-7-4-3-5-8-14)19(26)20-15-9-6-10-16-18(15)22-24(2)21-16/h3-10,17H,11-13H2,1-2H3,(H,20,26)/t17-/m0/s1. The van der Waals surface area contributed by atoms with Gasteiger partial charge in [-0.2, -0.15) is 15.0 Å². The molecule has 0 bridgehead atoms. The molecule has 7 heteroatoms. The SMILES string of the molecule is CN1CCN(C(=O)Nc2cccc3nn(C)nc23)C[C@H]1c1ccccc1. The summed E-state index contributed by atoms with van der Waals surface area (Å²) in [6.45, 7) is 2.19. The van der Waals surface area contributed by atoms with Gasteiger partial charge in [-0.1, -0.05) is 36.4 Å². The van der Waals surface area contributed by atoms with Crippen LogP contribution in [0.4, 0.5) is 10.5 Å². The fourth-order valence-electron chi connectivity index (χ4n) is 3.43. The highest BCUT2D eigenvalue weighted by atomic mass is 16.2. The zero-order valence-corrected chi connectivity index (χ0v) is 15.0. The third kappa shape index (κ3) is 3.13. The largest absolute Gasteiger partial charge is 0.322 e. The zero-order chi connectivity index (χ0) is 18.1. The number of nitrogens with one attached hydrogen (secondary N) is 1. The van der Waals surface area contributed by atoms with Crippen LogP contribution in [0.15, 0.2) is 48.5 Å². The number of hydrogen-bond acceptors (Lipinski definition) is 4. The Balaban J connectivity index is 1.52. The van der Waals surface area contributed by atoms with Gasteiger partial charge in [0.2, 0.25) is 0 Å². The van der Waals surface area contributed by atoms with Gasteiger partial charge in [0.15, 0.2) is 0 Å². The van der Waals surface area contributed by atoms with E-state index in [1.165, 1.54) is 10.4 Å². The molecule has 1 N–H and O–H groups in total. The lowest BCUT2D eigenvalue weighted by Crippen LogP contribution is -2.50. The fraction of sp³-hybridized carbons (Fsp3) is 0.316.